The molecule has 0 rings (SSSR count). The Balaban J connectivity index is 0. The number of carbonyl (C=O) groups is 2. The Kier molecular flexibility index (Phi) is 50.0. The number of aliphatic hydroxyl groups excluding tert-OH is 1. The van der Waals surface area contributed by atoms with Gasteiger partial charge in [-0.2, -0.15) is 0 Å². The number of unbranched alkanes of at least 4 members (excludes halogenated alkanes) is 19. The minimum Gasteiger partial charge on any atom is -0.468 e. The van der Waals surface area contributed by atoms with Crippen LogP contribution in [-0.4, -0.2) is 75.0 Å². The SMILES string of the molecule is CCCCCCC(CCCC)COC=O.CCCCCCCCCC(CCCCCCCCC(=O)OCC(CCCC)CCCCCC)NCCCN(C)CCO. The van der Waals surface area contributed by atoms with Gasteiger partial charge in [0.2, 0.25) is 0 Å². The molecule has 0 aromatic heterocycles. The molecule has 0 aromatic carbocycles. The average Bonchev–Trinajstić information content (AvgIpc) is 3.21. The van der Waals surface area contributed by atoms with Crippen LogP contribution < -0.4 is 5.32 Å². The zero-order valence-electron chi connectivity index (χ0n) is 39.4. The third kappa shape index (κ3) is 45.7. The van der Waals surface area contributed by atoms with Crippen LogP contribution in [0.15, 0.2) is 0 Å². The van der Waals surface area contributed by atoms with Crippen molar-refractivity contribution in [2.24, 2.45) is 11.8 Å². The number of ether oxygens (including phenoxy) is 2. The quantitative estimate of drug-likeness (QED) is 0.0360. The Bertz CT molecular complexity index is 784. The van der Waals surface area contributed by atoms with E-state index in [1.807, 2.05) is 0 Å². The van der Waals surface area contributed by atoms with Gasteiger partial charge >= 0.3 is 5.97 Å². The monoisotopic (exact) mass is 811 g/mol. The molecule has 2 N–H and O–H groups in total. The van der Waals surface area contributed by atoms with Crippen LogP contribution in [-0.2, 0) is 19.1 Å². The lowest BCUT2D eigenvalue weighted by Crippen LogP contribution is -2.32. The van der Waals surface area contributed by atoms with Gasteiger partial charge in [0.05, 0.1) is 19.8 Å². The number of likely N-dealkylation sites (N-methyl/N-ethyl adjacent to an activating group) is 1. The number of rotatable bonds is 45. The molecule has 7 nitrogen and oxygen atoms in total. The molecular formula is C50H102N2O5. The maximum Gasteiger partial charge on any atom is 0.305 e. The fraction of sp³-hybridized carbons (Fsp3) is 0.960. The molecule has 0 spiro atoms. The molecule has 57 heavy (non-hydrogen) atoms. The standard InChI is InChI=1S/C37H76N2O3.C13H26O2/c1-5-8-11-13-14-17-21-27-36(38-30-24-31-39(4)32-33-40)28-22-18-15-16-19-23-29-37(41)42-34-35(25-10-7-3)26-20-12-9-6-2;1-3-5-7-8-10-13(9-6-4-2)11-15-12-14/h35-36,38,40H,5-34H2,1-4H3;12-13H,3-11H2,1-2H3. The number of esters is 1. The van der Waals surface area contributed by atoms with Gasteiger partial charge in [-0.15, -0.1) is 0 Å². The molecule has 0 saturated heterocycles. The van der Waals surface area contributed by atoms with Gasteiger partial charge in [0, 0.05) is 19.0 Å². The van der Waals surface area contributed by atoms with Crippen LogP contribution in [0.25, 0.3) is 0 Å². The topological polar surface area (TPSA) is 88.1 Å². The summed E-state index contributed by atoms with van der Waals surface area (Å²) in [4.78, 5) is 24.7. The first-order chi connectivity index (χ1) is 27.9. The van der Waals surface area contributed by atoms with E-state index in [-0.39, 0.29) is 12.6 Å². The first-order valence-corrected chi connectivity index (χ1v) is 25.2. The van der Waals surface area contributed by atoms with Gasteiger partial charge in [0.25, 0.3) is 6.47 Å². The maximum atomic E-state index is 12.3. The number of nitrogens with one attached hydrogen (secondary N) is 1. The van der Waals surface area contributed by atoms with Crippen LogP contribution in [0.2, 0.25) is 0 Å². The third-order valence-electron chi connectivity index (χ3n) is 11.7. The second-order valence-electron chi connectivity index (χ2n) is 17.4. The van der Waals surface area contributed by atoms with Crippen LogP contribution in [0.1, 0.15) is 247 Å². The highest BCUT2D eigenvalue weighted by atomic mass is 16.5. The molecule has 0 aliphatic heterocycles. The lowest BCUT2D eigenvalue weighted by molar-refractivity contribution is -0.145. The van der Waals surface area contributed by atoms with Gasteiger partial charge in [-0.3, -0.25) is 9.59 Å². The molecule has 7 heteroatoms. The van der Waals surface area contributed by atoms with Crippen LogP contribution in [0.4, 0.5) is 0 Å². The first kappa shape index (κ1) is 57.9. The fourth-order valence-corrected chi connectivity index (χ4v) is 7.79. The molecule has 0 bridgehead atoms. The Hall–Kier alpha value is -1.18. The van der Waals surface area contributed by atoms with Gasteiger partial charge in [-0.1, -0.05) is 189 Å². The smallest absolute Gasteiger partial charge is 0.305 e. The molecule has 0 aliphatic carbocycles. The van der Waals surface area contributed by atoms with Gasteiger partial charge in [-0.05, 0) is 83.3 Å². The zero-order valence-corrected chi connectivity index (χ0v) is 39.4. The van der Waals surface area contributed by atoms with Crippen molar-refractivity contribution in [3.63, 3.8) is 0 Å². The average molecular weight is 811 g/mol. The Labute approximate surface area is 356 Å². The van der Waals surface area contributed by atoms with Crippen LogP contribution >= 0.6 is 0 Å². The normalized spacial score (nSPS) is 12.9. The predicted octanol–water partition coefficient (Wildman–Crippen LogP) is 13.8. The van der Waals surface area contributed by atoms with Gasteiger partial charge in [0.15, 0.2) is 0 Å². The Morgan fingerprint density at radius 1 is 0.544 bits per heavy atom. The second-order valence-corrected chi connectivity index (χ2v) is 17.4. The second kappa shape index (κ2) is 49.2. The van der Waals surface area contributed by atoms with Gasteiger partial charge in [0.1, 0.15) is 0 Å². The molecule has 0 radical (unpaired) electrons. The zero-order chi connectivity index (χ0) is 42.3. The molecule has 3 unspecified atom stereocenters. The van der Waals surface area contributed by atoms with E-state index < -0.39 is 0 Å². The highest BCUT2D eigenvalue weighted by Gasteiger charge is 2.13. The van der Waals surface area contributed by atoms with Crippen LogP contribution in [0.3, 0.4) is 0 Å². The van der Waals surface area contributed by atoms with Crippen molar-refractivity contribution >= 4 is 12.4 Å². The Morgan fingerprint density at radius 3 is 1.46 bits per heavy atom. The van der Waals surface area contributed by atoms with E-state index in [0.717, 1.165) is 38.9 Å². The summed E-state index contributed by atoms with van der Waals surface area (Å²) >= 11 is 0. The summed E-state index contributed by atoms with van der Waals surface area (Å²) in [5.74, 6) is 1.17. The molecule has 0 aliphatic rings. The number of carbonyl (C=O) groups excluding carboxylic acids is 2. The summed E-state index contributed by atoms with van der Waals surface area (Å²) in [6.07, 6.45) is 41.4. The van der Waals surface area contributed by atoms with E-state index in [2.05, 4.69) is 51.9 Å². The minimum atomic E-state index is 0.0203. The summed E-state index contributed by atoms with van der Waals surface area (Å²) in [6.45, 7) is 16.2. The number of nitrogens with zero attached hydrogens (tertiary/aromatic N) is 1. The molecule has 0 saturated carbocycles. The molecule has 0 heterocycles. The van der Waals surface area contributed by atoms with E-state index >= 15 is 0 Å². The lowest BCUT2D eigenvalue weighted by Gasteiger charge is -2.20. The molecule has 0 amide bonds. The maximum absolute atomic E-state index is 12.3. The fourth-order valence-electron chi connectivity index (χ4n) is 7.79. The summed E-state index contributed by atoms with van der Waals surface area (Å²) in [7, 11) is 2.09. The third-order valence-corrected chi connectivity index (χ3v) is 11.7. The van der Waals surface area contributed by atoms with Gasteiger partial charge in [-0.25, -0.2) is 0 Å². The molecule has 0 fully saturated rings. The number of hydrogen-bond acceptors (Lipinski definition) is 7. The van der Waals surface area contributed by atoms with Crippen molar-refractivity contribution in [2.75, 3.05) is 46.5 Å². The summed E-state index contributed by atoms with van der Waals surface area (Å²) in [5, 5.41) is 13.0. The summed E-state index contributed by atoms with van der Waals surface area (Å²) in [5.41, 5.74) is 0. The Morgan fingerprint density at radius 2 is 0.965 bits per heavy atom. The highest BCUT2D eigenvalue weighted by Crippen LogP contribution is 2.20. The minimum absolute atomic E-state index is 0.0203. The first-order valence-electron chi connectivity index (χ1n) is 25.2. The number of hydrogen-bond donors (Lipinski definition) is 2. The lowest BCUT2D eigenvalue weighted by atomic mass is 9.96. The van der Waals surface area contributed by atoms with Gasteiger partial charge < -0.3 is 24.8 Å². The largest absolute Gasteiger partial charge is 0.468 e. The van der Waals surface area contributed by atoms with E-state index in [4.69, 9.17) is 14.6 Å². The van der Waals surface area contributed by atoms with Crippen molar-refractivity contribution in [1.29, 1.82) is 0 Å². The molecule has 0 aromatic rings. The van der Waals surface area contributed by atoms with E-state index in [0.29, 0.717) is 44.0 Å². The van der Waals surface area contributed by atoms with Crippen molar-refractivity contribution in [1.82, 2.24) is 10.2 Å². The van der Waals surface area contributed by atoms with Crippen molar-refractivity contribution < 1.29 is 24.2 Å². The van der Waals surface area contributed by atoms with E-state index in [1.165, 1.54) is 186 Å². The molecule has 342 valence electrons. The molecular weight excluding hydrogens is 709 g/mol. The van der Waals surface area contributed by atoms with E-state index in [1.54, 1.807) is 0 Å². The van der Waals surface area contributed by atoms with Crippen molar-refractivity contribution in [3.05, 3.63) is 0 Å². The predicted molar refractivity (Wildman–Crippen MR) is 247 cm³/mol. The van der Waals surface area contributed by atoms with E-state index in [9.17, 15) is 9.59 Å². The van der Waals surface area contributed by atoms with Crippen LogP contribution in [0.5, 0.6) is 0 Å². The van der Waals surface area contributed by atoms with Crippen molar-refractivity contribution in [3.8, 4) is 0 Å². The summed E-state index contributed by atoms with van der Waals surface area (Å²) in [6, 6.07) is 0.645. The summed E-state index contributed by atoms with van der Waals surface area (Å²) < 4.78 is 10.6. The van der Waals surface area contributed by atoms with Crippen LogP contribution in [0, 0.1) is 11.8 Å². The van der Waals surface area contributed by atoms with Crippen molar-refractivity contribution in [2.45, 2.75) is 253 Å². The highest BCUT2D eigenvalue weighted by molar-refractivity contribution is 5.69. The molecule has 3 atom stereocenters. The number of aliphatic hydroxyl groups is 1.